The topological polar surface area (TPSA) is 70.8 Å². The Morgan fingerprint density at radius 1 is 1.13 bits per heavy atom. The van der Waals surface area contributed by atoms with E-state index in [1.54, 1.807) is 30.7 Å². The Morgan fingerprint density at radius 2 is 2.00 bits per heavy atom. The summed E-state index contributed by atoms with van der Waals surface area (Å²) < 4.78 is 0.817. The standard InChI is InChI=1S/C17H16N5O/c1-12-5-6-14(22(2)23)10-16(12)21-17-19-9-7-15(20-17)13-4-3-8-18-11-13/h3-11H,1-2H3,(H,19,20,21)/q+1. The number of anilines is 2. The van der Waals surface area contributed by atoms with Crippen LogP contribution < -0.4 is 5.32 Å². The third-order valence-corrected chi connectivity index (χ3v) is 3.44. The molecule has 0 atom stereocenters. The van der Waals surface area contributed by atoms with Crippen LogP contribution in [0.1, 0.15) is 5.56 Å². The Morgan fingerprint density at radius 3 is 2.74 bits per heavy atom. The smallest absolute Gasteiger partial charge is 0.257 e. The molecular formula is C17H16N5O+. The van der Waals surface area contributed by atoms with Crippen molar-refractivity contribution in [2.75, 3.05) is 12.4 Å². The first-order chi connectivity index (χ1) is 11.1. The van der Waals surface area contributed by atoms with E-state index in [0.717, 1.165) is 27.3 Å². The second-order valence-electron chi connectivity index (χ2n) is 5.13. The van der Waals surface area contributed by atoms with Crippen molar-refractivity contribution >= 4 is 17.3 Å². The van der Waals surface area contributed by atoms with Gasteiger partial charge in [0, 0.05) is 46.0 Å². The van der Waals surface area contributed by atoms with Crippen LogP contribution in [0.25, 0.3) is 11.3 Å². The van der Waals surface area contributed by atoms with Gasteiger partial charge in [-0.3, -0.25) is 4.98 Å². The number of aromatic nitrogens is 3. The van der Waals surface area contributed by atoms with Crippen molar-refractivity contribution in [2.24, 2.45) is 0 Å². The normalized spacial score (nSPS) is 10.3. The molecule has 1 N–H and O–H groups in total. The van der Waals surface area contributed by atoms with Gasteiger partial charge < -0.3 is 5.32 Å². The van der Waals surface area contributed by atoms with E-state index in [4.69, 9.17) is 0 Å². The first kappa shape index (κ1) is 14.8. The first-order valence-electron chi connectivity index (χ1n) is 7.15. The SMILES string of the molecule is Cc1ccc([N+](C)=O)cc1Nc1nccc(-c2cccnc2)n1. The van der Waals surface area contributed by atoms with Gasteiger partial charge in [-0.1, -0.05) is 6.07 Å². The highest BCUT2D eigenvalue weighted by Gasteiger charge is 2.11. The van der Waals surface area contributed by atoms with E-state index in [1.165, 1.54) is 7.05 Å². The minimum Gasteiger partial charge on any atom is -0.324 e. The number of pyridine rings is 1. The molecular weight excluding hydrogens is 290 g/mol. The van der Waals surface area contributed by atoms with Crippen molar-refractivity contribution < 1.29 is 4.76 Å². The summed E-state index contributed by atoms with van der Waals surface area (Å²) in [5.41, 5.74) is 4.08. The first-order valence-corrected chi connectivity index (χ1v) is 7.15. The number of nitroso groups, excluding NO2 is 1. The second-order valence-corrected chi connectivity index (χ2v) is 5.13. The van der Waals surface area contributed by atoms with E-state index in [1.807, 2.05) is 31.2 Å². The molecule has 3 aromatic rings. The predicted molar refractivity (Wildman–Crippen MR) is 88.9 cm³/mol. The fourth-order valence-corrected chi connectivity index (χ4v) is 2.15. The van der Waals surface area contributed by atoms with Crippen LogP contribution in [0.2, 0.25) is 0 Å². The molecule has 114 valence electrons. The molecule has 0 aliphatic rings. The average molecular weight is 306 g/mol. The maximum atomic E-state index is 11.5. The van der Waals surface area contributed by atoms with Crippen LogP contribution in [0.3, 0.4) is 0 Å². The van der Waals surface area contributed by atoms with Gasteiger partial charge in [0.2, 0.25) is 5.95 Å². The van der Waals surface area contributed by atoms with E-state index in [-0.39, 0.29) is 0 Å². The van der Waals surface area contributed by atoms with Crippen LogP contribution in [0.4, 0.5) is 17.3 Å². The number of hydrogen-bond acceptors (Lipinski definition) is 5. The highest BCUT2D eigenvalue weighted by molar-refractivity contribution is 5.64. The van der Waals surface area contributed by atoms with Crippen molar-refractivity contribution in [3.8, 4) is 11.3 Å². The van der Waals surface area contributed by atoms with Gasteiger partial charge >= 0.3 is 0 Å². The third kappa shape index (κ3) is 3.37. The van der Waals surface area contributed by atoms with Gasteiger partial charge in [0.25, 0.3) is 5.69 Å². The predicted octanol–water partition coefficient (Wildman–Crippen LogP) is 3.63. The van der Waals surface area contributed by atoms with Crippen molar-refractivity contribution in [3.63, 3.8) is 0 Å². The van der Waals surface area contributed by atoms with E-state index in [0.29, 0.717) is 11.6 Å². The number of benzene rings is 1. The molecule has 1 aromatic carbocycles. The number of rotatable bonds is 4. The molecule has 0 radical (unpaired) electrons. The molecule has 0 fully saturated rings. The molecule has 0 aliphatic heterocycles. The molecule has 6 heteroatoms. The number of aryl methyl sites for hydroxylation is 1. The maximum absolute atomic E-state index is 11.5. The Bertz CT molecular complexity index is 849. The molecule has 0 saturated heterocycles. The van der Waals surface area contributed by atoms with Crippen molar-refractivity contribution in [1.82, 2.24) is 15.0 Å². The Balaban J connectivity index is 1.92. The average Bonchev–Trinajstić information content (AvgIpc) is 2.58. The summed E-state index contributed by atoms with van der Waals surface area (Å²) >= 11 is 0. The van der Waals surface area contributed by atoms with Gasteiger partial charge in [-0.05, 0) is 30.7 Å². The lowest BCUT2D eigenvalue weighted by Crippen LogP contribution is -2.00. The zero-order valence-electron chi connectivity index (χ0n) is 12.9. The van der Waals surface area contributed by atoms with E-state index >= 15 is 0 Å². The highest BCUT2D eigenvalue weighted by atomic mass is 16.3. The fraction of sp³-hybridized carbons (Fsp3) is 0.118. The van der Waals surface area contributed by atoms with Gasteiger partial charge in [-0.25, -0.2) is 9.97 Å². The number of hydrogen-bond donors (Lipinski definition) is 1. The van der Waals surface area contributed by atoms with Gasteiger partial charge in [-0.15, -0.1) is 0 Å². The van der Waals surface area contributed by atoms with Crippen LogP contribution in [-0.2, 0) is 0 Å². The minimum absolute atomic E-state index is 0.472. The summed E-state index contributed by atoms with van der Waals surface area (Å²) in [5, 5.41) is 3.17. The Labute approximate surface area is 133 Å². The van der Waals surface area contributed by atoms with E-state index < -0.39 is 0 Å². The van der Waals surface area contributed by atoms with Gasteiger partial charge in [0.1, 0.15) is 0 Å². The van der Waals surface area contributed by atoms with Crippen LogP contribution >= 0.6 is 0 Å². The molecule has 3 rings (SSSR count). The molecule has 6 nitrogen and oxygen atoms in total. The molecule has 0 amide bonds. The van der Waals surface area contributed by atoms with Crippen molar-refractivity contribution in [2.45, 2.75) is 6.92 Å². The lowest BCUT2D eigenvalue weighted by Gasteiger charge is -2.08. The molecule has 2 aromatic heterocycles. The maximum Gasteiger partial charge on any atom is 0.257 e. The van der Waals surface area contributed by atoms with Gasteiger partial charge in [0.05, 0.1) is 11.4 Å². The molecule has 0 bridgehead atoms. The lowest BCUT2D eigenvalue weighted by atomic mass is 10.2. The largest absolute Gasteiger partial charge is 0.324 e. The van der Waals surface area contributed by atoms with Crippen LogP contribution in [-0.4, -0.2) is 26.8 Å². The molecule has 2 heterocycles. The number of nitrogens with one attached hydrogen (secondary N) is 1. The lowest BCUT2D eigenvalue weighted by molar-refractivity contribution is -0.428. The molecule has 0 aliphatic carbocycles. The summed E-state index contributed by atoms with van der Waals surface area (Å²) in [6, 6.07) is 11.1. The van der Waals surface area contributed by atoms with E-state index in [2.05, 4.69) is 20.3 Å². The second kappa shape index (κ2) is 6.31. The monoisotopic (exact) mass is 306 g/mol. The van der Waals surface area contributed by atoms with E-state index in [9.17, 15) is 4.91 Å². The van der Waals surface area contributed by atoms with Crippen molar-refractivity contribution in [3.05, 3.63) is 65.5 Å². The summed E-state index contributed by atoms with van der Waals surface area (Å²) in [6.07, 6.45) is 5.17. The summed E-state index contributed by atoms with van der Waals surface area (Å²) in [4.78, 5) is 24.3. The Hall–Kier alpha value is -3.15. The summed E-state index contributed by atoms with van der Waals surface area (Å²) in [5.74, 6) is 0.472. The third-order valence-electron chi connectivity index (χ3n) is 3.44. The Kier molecular flexibility index (Phi) is 4.05. The quantitative estimate of drug-likeness (QED) is 0.745. The number of nitrogens with zero attached hydrogens (tertiary/aromatic N) is 4. The summed E-state index contributed by atoms with van der Waals surface area (Å²) in [7, 11) is 1.47. The zero-order valence-corrected chi connectivity index (χ0v) is 12.9. The summed E-state index contributed by atoms with van der Waals surface area (Å²) in [6.45, 7) is 1.96. The fourth-order valence-electron chi connectivity index (χ4n) is 2.15. The zero-order chi connectivity index (χ0) is 16.2. The highest BCUT2D eigenvalue weighted by Crippen LogP contribution is 2.24. The van der Waals surface area contributed by atoms with Crippen LogP contribution in [0.15, 0.2) is 55.0 Å². The van der Waals surface area contributed by atoms with Crippen LogP contribution in [0.5, 0.6) is 0 Å². The molecule has 0 spiro atoms. The molecule has 0 unspecified atom stereocenters. The minimum atomic E-state index is 0.472. The van der Waals surface area contributed by atoms with Gasteiger partial charge in [-0.2, -0.15) is 0 Å². The van der Waals surface area contributed by atoms with Crippen LogP contribution in [0, 0.1) is 11.8 Å². The van der Waals surface area contributed by atoms with Gasteiger partial charge in [0.15, 0.2) is 7.05 Å². The molecule has 0 saturated carbocycles. The van der Waals surface area contributed by atoms with Crippen molar-refractivity contribution in [1.29, 1.82) is 0 Å². The molecule has 23 heavy (non-hydrogen) atoms.